The van der Waals surface area contributed by atoms with Crippen molar-refractivity contribution in [2.24, 2.45) is 0 Å². The average Bonchev–Trinajstić information content (AvgIpc) is 2.63. The minimum absolute atomic E-state index is 0.175. The van der Waals surface area contributed by atoms with E-state index in [9.17, 15) is 10.2 Å². The quantitative estimate of drug-likeness (QED) is 0.557. The number of quaternary nitrogens is 1. The SMILES string of the molecule is Cc1cc(OC[C@H](O)C[NH2+]C[C@H](O)COc2ccc(Cl)c(C)c2)ccc1Cl. The van der Waals surface area contributed by atoms with Crippen molar-refractivity contribution in [2.45, 2.75) is 26.1 Å². The van der Waals surface area contributed by atoms with Gasteiger partial charge in [-0.1, -0.05) is 23.2 Å². The molecule has 0 heterocycles. The number of halogens is 2. The van der Waals surface area contributed by atoms with Crippen molar-refractivity contribution >= 4 is 23.2 Å². The Morgan fingerprint density at radius 3 is 1.59 bits per heavy atom. The van der Waals surface area contributed by atoms with Crippen molar-refractivity contribution in [3.8, 4) is 11.5 Å². The van der Waals surface area contributed by atoms with Crippen LogP contribution in [0.4, 0.5) is 0 Å². The predicted molar refractivity (Wildman–Crippen MR) is 107 cm³/mol. The van der Waals surface area contributed by atoms with Gasteiger partial charge in [0.1, 0.15) is 50.0 Å². The highest BCUT2D eigenvalue weighted by Crippen LogP contribution is 2.21. The Morgan fingerprint density at radius 1 is 0.815 bits per heavy atom. The van der Waals surface area contributed by atoms with Crippen molar-refractivity contribution in [3.05, 3.63) is 57.6 Å². The molecule has 0 aromatic heterocycles. The summed E-state index contributed by atoms with van der Waals surface area (Å²) in [4.78, 5) is 0. The first-order valence-corrected chi connectivity index (χ1v) is 9.56. The maximum absolute atomic E-state index is 10.0. The number of ether oxygens (including phenoxy) is 2. The Labute approximate surface area is 169 Å². The van der Waals surface area contributed by atoms with Gasteiger partial charge in [0.05, 0.1) is 0 Å². The third kappa shape index (κ3) is 7.56. The molecule has 0 fully saturated rings. The molecule has 7 heteroatoms. The van der Waals surface area contributed by atoms with Crippen LogP contribution in [0.1, 0.15) is 11.1 Å². The highest BCUT2D eigenvalue weighted by Gasteiger charge is 2.12. The van der Waals surface area contributed by atoms with Crippen LogP contribution >= 0.6 is 23.2 Å². The second kappa shape index (κ2) is 10.7. The molecular weight excluding hydrogens is 389 g/mol. The molecule has 5 nitrogen and oxygen atoms in total. The number of aliphatic hydroxyl groups excluding tert-OH is 2. The van der Waals surface area contributed by atoms with E-state index in [0.717, 1.165) is 11.1 Å². The summed E-state index contributed by atoms with van der Waals surface area (Å²) in [6, 6.07) is 10.7. The molecule has 2 rings (SSSR count). The van der Waals surface area contributed by atoms with E-state index in [4.69, 9.17) is 32.7 Å². The van der Waals surface area contributed by atoms with E-state index >= 15 is 0 Å². The fraction of sp³-hybridized carbons (Fsp3) is 0.400. The molecule has 27 heavy (non-hydrogen) atoms. The van der Waals surface area contributed by atoms with Gasteiger partial charge in [0, 0.05) is 10.0 Å². The van der Waals surface area contributed by atoms with E-state index in [-0.39, 0.29) is 13.2 Å². The smallest absolute Gasteiger partial charge is 0.137 e. The topological polar surface area (TPSA) is 75.5 Å². The predicted octanol–water partition coefficient (Wildman–Crippen LogP) is 2.35. The highest BCUT2D eigenvalue weighted by molar-refractivity contribution is 6.31. The van der Waals surface area contributed by atoms with Crippen LogP contribution in [0.5, 0.6) is 11.5 Å². The van der Waals surface area contributed by atoms with Gasteiger partial charge in [0.2, 0.25) is 0 Å². The zero-order valence-electron chi connectivity index (χ0n) is 15.5. The molecule has 0 saturated carbocycles. The summed E-state index contributed by atoms with van der Waals surface area (Å²) in [5.41, 5.74) is 1.85. The normalized spacial score (nSPS) is 13.3. The van der Waals surface area contributed by atoms with E-state index in [0.29, 0.717) is 34.6 Å². The second-order valence-corrected chi connectivity index (χ2v) is 7.33. The van der Waals surface area contributed by atoms with Crippen LogP contribution < -0.4 is 14.8 Å². The Kier molecular flexibility index (Phi) is 8.67. The first-order chi connectivity index (χ1) is 12.8. The van der Waals surface area contributed by atoms with Crippen molar-refractivity contribution in [1.82, 2.24) is 0 Å². The Hall–Kier alpha value is -1.50. The molecule has 0 unspecified atom stereocenters. The van der Waals surface area contributed by atoms with Gasteiger partial charge in [-0.3, -0.25) is 0 Å². The van der Waals surface area contributed by atoms with Gasteiger partial charge in [0.25, 0.3) is 0 Å². The fourth-order valence-corrected chi connectivity index (χ4v) is 2.65. The highest BCUT2D eigenvalue weighted by atomic mass is 35.5. The molecule has 2 atom stereocenters. The lowest BCUT2D eigenvalue weighted by atomic mass is 10.2. The minimum atomic E-state index is -0.645. The van der Waals surface area contributed by atoms with Gasteiger partial charge >= 0.3 is 0 Å². The molecule has 2 aromatic carbocycles. The molecule has 0 aliphatic carbocycles. The monoisotopic (exact) mass is 414 g/mol. The number of hydrogen-bond acceptors (Lipinski definition) is 4. The largest absolute Gasteiger partial charge is 0.491 e. The Bertz CT molecular complexity index is 680. The molecule has 0 radical (unpaired) electrons. The summed E-state index contributed by atoms with van der Waals surface area (Å²) in [6.07, 6.45) is -1.29. The second-order valence-electron chi connectivity index (χ2n) is 6.51. The van der Waals surface area contributed by atoms with Crippen LogP contribution in [-0.4, -0.2) is 48.7 Å². The van der Waals surface area contributed by atoms with Crippen molar-refractivity contribution < 1.29 is 25.0 Å². The van der Waals surface area contributed by atoms with E-state index in [1.807, 2.05) is 31.3 Å². The van der Waals surface area contributed by atoms with Crippen molar-refractivity contribution in [1.29, 1.82) is 0 Å². The van der Waals surface area contributed by atoms with Crippen LogP contribution in [0, 0.1) is 13.8 Å². The average molecular weight is 415 g/mol. The van der Waals surface area contributed by atoms with Crippen LogP contribution in [0.25, 0.3) is 0 Å². The van der Waals surface area contributed by atoms with Gasteiger partial charge in [0.15, 0.2) is 0 Å². The lowest BCUT2D eigenvalue weighted by molar-refractivity contribution is -0.667. The number of nitrogens with two attached hydrogens (primary N) is 1. The third-order valence-corrected chi connectivity index (χ3v) is 4.87. The maximum atomic E-state index is 10.0. The van der Waals surface area contributed by atoms with Crippen LogP contribution in [0.15, 0.2) is 36.4 Å². The zero-order chi connectivity index (χ0) is 19.8. The van der Waals surface area contributed by atoms with Gasteiger partial charge < -0.3 is 25.0 Å². The van der Waals surface area contributed by atoms with E-state index in [2.05, 4.69) is 0 Å². The molecule has 0 aliphatic heterocycles. The van der Waals surface area contributed by atoms with Crippen LogP contribution in [-0.2, 0) is 0 Å². The summed E-state index contributed by atoms with van der Waals surface area (Å²) in [7, 11) is 0. The fourth-order valence-electron chi connectivity index (χ4n) is 2.42. The minimum Gasteiger partial charge on any atom is -0.491 e. The first-order valence-electron chi connectivity index (χ1n) is 8.81. The molecule has 0 aliphatic rings. The molecule has 4 N–H and O–H groups in total. The number of aryl methyl sites for hydroxylation is 2. The van der Waals surface area contributed by atoms with Gasteiger partial charge in [-0.05, 0) is 61.4 Å². The summed E-state index contributed by atoms with van der Waals surface area (Å²) in [5, 5.41) is 23.2. The summed E-state index contributed by atoms with van der Waals surface area (Å²) < 4.78 is 11.1. The molecule has 0 bridgehead atoms. The van der Waals surface area contributed by atoms with Gasteiger partial charge in [-0.15, -0.1) is 0 Å². The lowest BCUT2D eigenvalue weighted by Gasteiger charge is -2.15. The third-order valence-electron chi connectivity index (χ3n) is 4.02. The lowest BCUT2D eigenvalue weighted by Crippen LogP contribution is -2.88. The van der Waals surface area contributed by atoms with E-state index < -0.39 is 12.2 Å². The van der Waals surface area contributed by atoms with Gasteiger partial charge in [-0.25, -0.2) is 0 Å². The summed E-state index contributed by atoms with van der Waals surface area (Å²) in [5.74, 6) is 1.34. The maximum Gasteiger partial charge on any atom is 0.137 e. The van der Waals surface area contributed by atoms with Crippen LogP contribution in [0.2, 0.25) is 10.0 Å². The number of hydrogen-bond donors (Lipinski definition) is 3. The van der Waals surface area contributed by atoms with Crippen molar-refractivity contribution in [2.75, 3.05) is 26.3 Å². The molecule has 0 saturated heterocycles. The summed E-state index contributed by atoms with van der Waals surface area (Å²) >= 11 is 11.9. The van der Waals surface area contributed by atoms with Crippen molar-refractivity contribution in [3.63, 3.8) is 0 Å². The first kappa shape index (κ1) is 21.8. The molecule has 0 amide bonds. The number of aliphatic hydroxyl groups is 2. The van der Waals surface area contributed by atoms with Gasteiger partial charge in [-0.2, -0.15) is 0 Å². The molecule has 148 valence electrons. The van der Waals surface area contributed by atoms with E-state index in [1.165, 1.54) is 0 Å². The molecular formula is C20H26Cl2NO4+. The molecule has 0 spiro atoms. The number of rotatable bonds is 10. The molecule has 2 aromatic rings. The Balaban J connectivity index is 1.62. The van der Waals surface area contributed by atoms with Crippen LogP contribution in [0.3, 0.4) is 0 Å². The zero-order valence-corrected chi connectivity index (χ0v) is 17.0. The number of benzene rings is 2. The van der Waals surface area contributed by atoms with E-state index in [1.54, 1.807) is 24.3 Å². The standard InChI is InChI=1S/C20H25Cl2NO4/c1-13-7-17(3-5-19(13)21)26-11-15(24)9-23-10-16(25)12-27-18-4-6-20(22)14(2)8-18/h3-8,15-16,23-25H,9-12H2,1-2H3/p+1/t15-,16+. The Morgan fingerprint density at radius 2 is 1.22 bits per heavy atom. The summed E-state index contributed by atoms with van der Waals surface area (Å²) in [6.45, 7) is 4.98.